The fourth-order valence-corrected chi connectivity index (χ4v) is 3.16. The molecule has 0 radical (unpaired) electrons. The summed E-state index contributed by atoms with van der Waals surface area (Å²) in [6.07, 6.45) is 0.793. The normalized spacial score (nSPS) is 16.3. The molecule has 0 aliphatic carbocycles. The number of hydrogen-bond donors (Lipinski definition) is 1. The van der Waals surface area contributed by atoms with E-state index in [-0.39, 0.29) is 28.8 Å². The van der Waals surface area contributed by atoms with Crippen molar-refractivity contribution < 1.29 is 23.5 Å². The van der Waals surface area contributed by atoms with Crippen LogP contribution in [0.3, 0.4) is 0 Å². The zero-order valence-electron chi connectivity index (χ0n) is 15.2. The molecule has 7 heteroatoms. The molecular formula is C20H21FN2O4. The molecule has 1 fully saturated rings. The van der Waals surface area contributed by atoms with Crippen LogP contribution in [-0.2, 0) is 4.74 Å². The van der Waals surface area contributed by atoms with E-state index in [0.29, 0.717) is 24.2 Å². The number of halogens is 1. The Hall–Kier alpha value is -2.93. The van der Waals surface area contributed by atoms with E-state index in [1.807, 2.05) is 0 Å². The Balaban J connectivity index is 1.89. The van der Waals surface area contributed by atoms with Crippen LogP contribution in [0.4, 0.5) is 4.39 Å². The summed E-state index contributed by atoms with van der Waals surface area (Å²) in [5, 5.41) is 0. The number of esters is 1. The number of hydrogen-bond acceptors (Lipinski definition) is 5. The molecule has 1 amide bonds. The lowest BCUT2D eigenvalue weighted by atomic mass is 10.0. The third-order valence-electron chi connectivity index (χ3n) is 4.65. The van der Waals surface area contributed by atoms with Crippen molar-refractivity contribution in [3.63, 3.8) is 0 Å². The summed E-state index contributed by atoms with van der Waals surface area (Å²) in [5.41, 5.74) is 7.21. The van der Waals surface area contributed by atoms with Crippen LogP contribution in [0.1, 0.15) is 27.1 Å². The van der Waals surface area contributed by atoms with Crippen LogP contribution >= 0.6 is 0 Å². The summed E-state index contributed by atoms with van der Waals surface area (Å²) in [7, 11) is 2.61. The van der Waals surface area contributed by atoms with Gasteiger partial charge in [-0.3, -0.25) is 4.79 Å². The minimum atomic E-state index is -0.679. The Morgan fingerprint density at radius 2 is 1.89 bits per heavy atom. The molecule has 1 unspecified atom stereocenters. The van der Waals surface area contributed by atoms with Gasteiger partial charge in [0.2, 0.25) is 0 Å². The van der Waals surface area contributed by atoms with Crippen LogP contribution in [0.25, 0.3) is 11.1 Å². The van der Waals surface area contributed by atoms with Crippen molar-refractivity contribution in [3.05, 3.63) is 53.3 Å². The number of rotatable bonds is 4. The predicted molar refractivity (Wildman–Crippen MR) is 98.2 cm³/mol. The summed E-state index contributed by atoms with van der Waals surface area (Å²) < 4.78 is 24.4. The van der Waals surface area contributed by atoms with Gasteiger partial charge >= 0.3 is 5.97 Å². The average molecular weight is 372 g/mol. The number of amides is 1. The van der Waals surface area contributed by atoms with Gasteiger partial charge in [0.05, 0.1) is 14.2 Å². The van der Waals surface area contributed by atoms with Gasteiger partial charge in [-0.15, -0.1) is 0 Å². The second-order valence-corrected chi connectivity index (χ2v) is 6.40. The van der Waals surface area contributed by atoms with E-state index in [1.165, 1.54) is 20.3 Å². The molecule has 2 N–H and O–H groups in total. The molecular weight excluding hydrogens is 351 g/mol. The SMILES string of the molecule is COC(=O)c1cc(F)c(-c2ccc(C(=O)N3CCC(N)C3)cc2)cc1OC. The van der Waals surface area contributed by atoms with E-state index in [9.17, 15) is 14.0 Å². The Kier molecular flexibility index (Phi) is 5.41. The van der Waals surface area contributed by atoms with Gasteiger partial charge in [-0.25, -0.2) is 9.18 Å². The van der Waals surface area contributed by atoms with E-state index in [4.69, 9.17) is 10.5 Å². The molecule has 1 heterocycles. The van der Waals surface area contributed by atoms with E-state index in [2.05, 4.69) is 4.74 Å². The number of methoxy groups -OCH3 is 2. The first kappa shape index (κ1) is 18.8. The van der Waals surface area contributed by atoms with Crippen LogP contribution in [-0.4, -0.2) is 50.1 Å². The summed E-state index contributed by atoms with van der Waals surface area (Å²) >= 11 is 0. The first-order chi connectivity index (χ1) is 12.9. The lowest BCUT2D eigenvalue weighted by Crippen LogP contribution is -2.31. The number of carbonyl (C=O) groups is 2. The number of ether oxygens (including phenoxy) is 2. The van der Waals surface area contributed by atoms with E-state index in [1.54, 1.807) is 29.2 Å². The fraction of sp³-hybridized carbons (Fsp3) is 0.300. The Morgan fingerprint density at radius 1 is 1.19 bits per heavy atom. The standard InChI is InChI=1S/C20H21FN2O4/c1-26-18-10-15(17(21)9-16(18)20(25)27-2)12-3-5-13(6-4-12)19(24)23-8-7-14(22)11-23/h3-6,9-10,14H,7-8,11,22H2,1-2H3. The molecule has 0 spiro atoms. The van der Waals surface area contributed by atoms with Crippen LogP contribution in [0.2, 0.25) is 0 Å². The molecule has 1 aliphatic rings. The zero-order valence-corrected chi connectivity index (χ0v) is 15.2. The van der Waals surface area contributed by atoms with Crippen LogP contribution in [0.15, 0.2) is 36.4 Å². The molecule has 3 rings (SSSR count). The van der Waals surface area contributed by atoms with Gasteiger partial charge in [0.15, 0.2) is 0 Å². The van der Waals surface area contributed by atoms with Crippen molar-refractivity contribution in [1.82, 2.24) is 4.90 Å². The second kappa shape index (κ2) is 7.75. The predicted octanol–water partition coefficient (Wildman–Crippen LogP) is 2.46. The summed E-state index contributed by atoms with van der Waals surface area (Å²) in [6, 6.07) is 9.19. The number of nitrogens with zero attached hydrogens (tertiary/aromatic N) is 1. The summed E-state index contributed by atoms with van der Waals surface area (Å²) in [5.74, 6) is -1.14. The van der Waals surface area contributed by atoms with Crippen molar-refractivity contribution in [2.45, 2.75) is 12.5 Å². The monoisotopic (exact) mass is 372 g/mol. The minimum absolute atomic E-state index is 0.0124. The Bertz CT molecular complexity index is 867. The molecule has 1 saturated heterocycles. The third kappa shape index (κ3) is 3.78. The fourth-order valence-electron chi connectivity index (χ4n) is 3.16. The molecule has 0 aromatic heterocycles. The lowest BCUT2D eigenvalue weighted by molar-refractivity contribution is 0.0596. The minimum Gasteiger partial charge on any atom is -0.496 e. The summed E-state index contributed by atoms with van der Waals surface area (Å²) in [4.78, 5) is 25.9. The van der Waals surface area contributed by atoms with Gasteiger partial charge < -0.3 is 20.1 Å². The van der Waals surface area contributed by atoms with Gasteiger partial charge in [0.25, 0.3) is 5.91 Å². The maximum Gasteiger partial charge on any atom is 0.341 e. The smallest absolute Gasteiger partial charge is 0.341 e. The van der Waals surface area contributed by atoms with Gasteiger partial charge in [-0.05, 0) is 36.2 Å². The average Bonchev–Trinajstić information content (AvgIpc) is 3.13. The second-order valence-electron chi connectivity index (χ2n) is 6.40. The van der Waals surface area contributed by atoms with Crippen molar-refractivity contribution in [2.75, 3.05) is 27.3 Å². The molecule has 2 aromatic rings. The third-order valence-corrected chi connectivity index (χ3v) is 4.65. The molecule has 2 aromatic carbocycles. The molecule has 27 heavy (non-hydrogen) atoms. The quantitative estimate of drug-likeness (QED) is 0.834. The Morgan fingerprint density at radius 3 is 2.44 bits per heavy atom. The molecule has 1 aliphatic heterocycles. The van der Waals surface area contributed by atoms with Crippen LogP contribution in [0.5, 0.6) is 5.75 Å². The molecule has 6 nitrogen and oxygen atoms in total. The van der Waals surface area contributed by atoms with Crippen molar-refractivity contribution in [1.29, 1.82) is 0 Å². The van der Waals surface area contributed by atoms with Crippen LogP contribution in [0, 0.1) is 5.82 Å². The first-order valence-electron chi connectivity index (χ1n) is 8.55. The van der Waals surface area contributed by atoms with Crippen molar-refractivity contribution >= 4 is 11.9 Å². The highest BCUT2D eigenvalue weighted by atomic mass is 19.1. The molecule has 0 saturated carbocycles. The summed E-state index contributed by atoms with van der Waals surface area (Å²) in [6.45, 7) is 1.18. The van der Waals surface area contributed by atoms with Crippen molar-refractivity contribution in [3.8, 4) is 16.9 Å². The maximum atomic E-state index is 14.5. The zero-order chi connectivity index (χ0) is 19.6. The largest absolute Gasteiger partial charge is 0.496 e. The van der Waals surface area contributed by atoms with Crippen molar-refractivity contribution in [2.24, 2.45) is 5.73 Å². The van der Waals surface area contributed by atoms with E-state index >= 15 is 0 Å². The van der Waals surface area contributed by atoms with E-state index in [0.717, 1.165) is 12.5 Å². The molecule has 142 valence electrons. The highest BCUT2D eigenvalue weighted by Crippen LogP contribution is 2.31. The van der Waals surface area contributed by atoms with Gasteiger partial charge in [-0.2, -0.15) is 0 Å². The highest BCUT2D eigenvalue weighted by molar-refractivity contribution is 5.95. The number of carbonyl (C=O) groups excluding carboxylic acids is 2. The van der Waals surface area contributed by atoms with Gasteiger partial charge in [-0.1, -0.05) is 12.1 Å². The molecule has 0 bridgehead atoms. The van der Waals surface area contributed by atoms with E-state index < -0.39 is 11.8 Å². The number of nitrogens with two attached hydrogens (primary N) is 1. The van der Waals surface area contributed by atoms with Gasteiger partial charge in [0, 0.05) is 30.3 Å². The van der Waals surface area contributed by atoms with Gasteiger partial charge in [0.1, 0.15) is 17.1 Å². The number of likely N-dealkylation sites (tertiary alicyclic amines) is 1. The molecule has 1 atom stereocenters. The van der Waals surface area contributed by atoms with Crippen LogP contribution < -0.4 is 10.5 Å². The lowest BCUT2D eigenvalue weighted by Gasteiger charge is -2.16. The highest BCUT2D eigenvalue weighted by Gasteiger charge is 2.24. The first-order valence-corrected chi connectivity index (χ1v) is 8.55. The maximum absolute atomic E-state index is 14.5. The topological polar surface area (TPSA) is 81.9 Å². The number of benzene rings is 2. The Labute approximate surface area is 156 Å².